The molecule has 0 aliphatic heterocycles. The predicted octanol–water partition coefficient (Wildman–Crippen LogP) is 2.54. The van der Waals surface area contributed by atoms with Gasteiger partial charge in [0.2, 0.25) is 5.91 Å². The largest absolute Gasteiger partial charge is 0.573 e. The van der Waals surface area contributed by atoms with Crippen LogP contribution in [0.2, 0.25) is 0 Å². The summed E-state index contributed by atoms with van der Waals surface area (Å²) >= 11 is 0. The number of hydrogen-bond acceptors (Lipinski definition) is 3. The zero-order valence-corrected chi connectivity index (χ0v) is 10.8. The Balaban J connectivity index is 0.00000324. The van der Waals surface area contributed by atoms with Gasteiger partial charge in [0.15, 0.2) is 0 Å². The fourth-order valence-electron chi connectivity index (χ4n) is 1.14. The van der Waals surface area contributed by atoms with Crippen LogP contribution < -0.4 is 15.8 Å². The first-order valence-corrected chi connectivity index (χ1v) is 5.18. The lowest BCUT2D eigenvalue weighted by atomic mass is 10.1. The molecule has 4 nitrogen and oxygen atoms in total. The molecule has 8 heteroatoms. The Morgan fingerprint density at radius 2 is 2.11 bits per heavy atom. The SMILES string of the molecule is CC(CN)C(=O)Nc1cccc(OC(F)(F)F)c1.Cl. The highest BCUT2D eigenvalue weighted by atomic mass is 35.5. The van der Waals surface area contributed by atoms with Crippen LogP contribution in [0.4, 0.5) is 18.9 Å². The molecule has 0 saturated carbocycles. The Bertz CT molecular complexity index is 427. The third kappa shape index (κ3) is 6.30. The molecule has 1 rings (SSSR count). The van der Waals surface area contributed by atoms with Gasteiger partial charge in [0.05, 0.1) is 0 Å². The summed E-state index contributed by atoms with van der Waals surface area (Å²) in [6.45, 7) is 1.77. The van der Waals surface area contributed by atoms with Crippen LogP contribution in [-0.2, 0) is 4.79 Å². The molecule has 0 fully saturated rings. The molecular formula is C11H14ClF3N2O2. The minimum Gasteiger partial charge on any atom is -0.406 e. The number of amides is 1. The lowest BCUT2D eigenvalue weighted by Crippen LogP contribution is -2.26. The monoisotopic (exact) mass is 298 g/mol. The van der Waals surface area contributed by atoms with Gasteiger partial charge in [-0.25, -0.2) is 0 Å². The molecule has 1 aromatic rings. The number of anilines is 1. The maximum absolute atomic E-state index is 12.0. The van der Waals surface area contributed by atoms with Crippen molar-refractivity contribution in [1.82, 2.24) is 0 Å². The van der Waals surface area contributed by atoms with Crippen molar-refractivity contribution in [1.29, 1.82) is 0 Å². The summed E-state index contributed by atoms with van der Waals surface area (Å²) in [5, 5.41) is 2.45. The van der Waals surface area contributed by atoms with Gasteiger partial charge in [-0.2, -0.15) is 0 Å². The molecule has 0 aliphatic carbocycles. The maximum Gasteiger partial charge on any atom is 0.573 e. The molecule has 0 heterocycles. The predicted molar refractivity (Wildman–Crippen MR) is 67.2 cm³/mol. The summed E-state index contributed by atoms with van der Waals surface area (Å²) in [6.07, 6.45) is -4.76. The molecule has 19 heavy (non-hydrogen) atoms. The molecule has 0 aromatic heterocycles. The molecule has 1 aromatic carbocycles. The number of benzene rings is 1. The van der Waals surface area contributed by atoms with Crippen molar-refractivity contribution in [2.45, 2.75) is 13.3 Å². The first-order valence-electron chi connectivity index (χ1n) is 5.18. The van der Waals surface area contributed by atoms with Crippen LogP contribution in [0.1, 0.15) is 6.92 Å². The van der Waals surface area contributed by atoms with E-state index in [0.717, 1.165) is 12.1 Å². The van der Waals surface area contributed by atoms with E-state index < -0.39 is 12.3 Å². The van der Waals surface area contributed by atoms with Crippen LogP contribution in [0.25, 0.3) is 0 Å². The lowest BCUT2D eigenvalue weighted by molar-refractivity contribution is -0.274. The summed E-state index contributed by atoms with van der Waals surface area (Å²) < 4.78 is 39.7. The number of carbonyl (C=O) groups excluding carboxylic acids is 1. The van der Waals surface area contributed by atoms with Crippen molar-refractivity contribution in [3.05, 3.63) is 24.3 Å². The fraction of sp³-hybridized carbons (Fsp3) is 0.364. The Morgan fingerprint density at radius 1 is 1.47 bits per heavy atom. The van der Waals surface area contributed by atoms with Gasteiger partial charge in [0.1, 0.15) is 5.75 Å². The van der Waals surface area contributed by atoms with Crippen LogP contribution in [0.5, 0.6) is 5.75 Å². The molecule has 0 saturated heterocycles. The molecular weight excluding hydrogens is 285 g/mol. The number of nitrogens with one attached hydrogen (secondary N) is 1. The van der Waals surface area contributed by atoms with Gasteiger partial charge in [-0.15, -0.1) is 25.6 Å². The molecule has 1 atom stereocenters. The van der Waals surface area contributed by atoms with Gasteiger partial charge < -0.3 is 15.8 Å². The van der Waals surface area contributed by atoms with E-state index in [4.69, 9.17) is 5.73 Å². The molecule has 1 unspecified atom stereocenters. The van der Waals surface area contributed by atoms with Crippen molar-refractivity contribution in [2.75, 3.05) is 11.9 Å². The van der Waals surface area contributed by atoms with Crippen LogP contribution in [0, 0.1) is 5.92 Å². The van der Waals surface area contributed by atoms with Gasteiger partial charge in [0, 0.05) is 24.2 Å². The van der Waals surface area contributed by atoms with Crippen molar-refractivity contribution in [2.24, 2.45) is 11.7 Å². The number of nitrogens with two attached hydrogens (primary N) is 1. The molecule has 3 N–H and O–H groups in total. The molecule has 0 aliphatic rings. The highest BCUT2D eigenvalue weighted by Gasteiger charge is 2.31. The third-order valence-electron chi connectivity index (χ3n) is 2.14. The molecule has 0 bridgehead atoms. The van der Waals surface area contributed by atoms with Gasteiger partial charge >= 0.3 is 6.36 Å². The Morgan fingerprint density at radius 3 is 2.63 bits per heavy atom. The van der Waals surface area contributed by atoms with Crippen LogP contribution in [-0.4, -0.2) is 18.8 Å². The Kier molecular flexibility index (Phi) is 6.64. The molecule has 1 amide bonds. The second-order valence-corrected chi connectivity index (χ2v) is 3.70. The second kappa shape index (κ2) is 7.20. The minimum atomic E-state index is -4.76. The van der Waals surface area contributed by atoms with Crippen molar-refractivity contribution in [3.63, 3.8) is 0 Å². The standard InChI is InChI=1S/C11H13F3N2O2.ClH/c1-7(6-15)10(17)16-8-3-2-4-9(5-8)18-11(12,13)14;/h2-5,7H,6,15H2,1H3,(H,16,17);1H. The number of halogens is 4. The summed E-state index contributed by atoms with van der Waals surface area (Å²) in [5.74, 6) is -1.17. The summed E-state index contributed by atoms with van der Waals surface area (Å²) in [4.78, 5) is 11.5. The topological polar surface area (TPSA) is 64.4 Å². The van der Waals surface area contributed by atoms with E-state index in [-0.39, 0.29) is 36.3 Å². The quantitative estimate of drug-likeness (QED) is 0.898. The van der Waals surface area contributed by atoms with E-state index in [1.54, 1.807) is 6.92 Å². The van der Waals surface area contributed by atoms with E-state index >= 15 is 0 Å². The highest BCUT2D eigenvalue weighted by Crippen LogP contribution is 2.25. The smallest absolute Gasteiger partial charge is 0.406 e. The number of carbonyl (C=O) groups is 1. The average Bonchev–Trinajstić information content (AvgIpc) is 2.26. The summed E-state index contributed by atoms with van der Waals surface area (Å²) in [5.41, 5.74) is 5.53. The summed E-state index contributed by atoms with van der Waals surface area (Å²) in [6, 6.07) is 5.05. The van der Waals surface area contributed by atoms with Crippen LogP contribution in [0.3, 0.4) is 0 Å². The number of alkyl halides is 3. The average molecular weight is 299 g/mol. The lowest BCUT2D eigenvalue weighted by Gasteiger charge is -2.12. The van der Waals surface area contributed by atoms with Gasteiger partial charge in [-0.05, 0) is 12.1 Å². The van der Waals surface area contributed by atoms with Crippen LogP contribution >= 0.6 is 12.4 Å². The van der Waals surface area contributed by atoms with E-state index in [0.29, 0.717) is 0 Å². The van der Waals surface area contributed by atoms with Gasteiger partial charge in [-0.1, -0.05) is 13.0 Å². The first-order chi connectivity index (χ1) is 8.31. The van der Waals surface area contributed by atoms with Gasteiger partial charge in [0.25, 0.3) is 0 Å². The number of hydrogen-bond donors (Lipinski definition) is 2. The number of ether oxygens (including phenoxy) is 1. The summed E-state index contributed by atoms with van der Waals surface area (Å²) in [7, 11) is 0. The van der Waals surface area contributed by atoms with E-state index in [9.17, 15) is 18.0 Å². The molecule has 0 spiro atoms. The van der Waals surface area contributed by atoms with E-state index in [1.165, 1.54) is 12.1 Å². The highest BCUT2D eigenvalue weighted by molar-refractivity contribution is 5.92. The maximum atomic E-state index is 12.0. The van der Waals surface area contributed by atoms with Gasteiger partial charge in [-0.3, -0.25) is 4.79 Å². The van der Waals surface area contributed by atoms with E-state index in [2.05, 4.69) is 10.1 Å². The van der Waals surface area contributed by atoms with Crippen molar-refractivity contribution in [3.8, 4) is 5.75 Å². The second-order valence-electron chi connectivity index (χ2n) is 3.70. The first kappa shape index (κ1) is 17.5. The molecule has 0 radical (unpaired) electrons. The zero-order chi connectivity index (χ0) is 13.8. The van der Waals surface area contributed by atoms with E-state index in [1.807, 2.05) is 0 Å². The fourth-order valence-corrected chi connectivity index (χ4v) is 1.14. The minimum absolute atomic E-state index is 0. The normalized spacial score (nSPS) is 12.3. The Hall–Kier alpha value is -1.47. The third-order valence-corrected chi connectivity index (χ3v) is 2.14. The zero-order valence-electron chi connectivity index (χ0n) is 10.0. The Labute approximate surface area is 114 Å². The van der Waals surface area contributed by atoms with Crippen molar-refractivity contribution >= 4 is 24.0 Å². The van der Waals surface area contributed by atoms with Crippen LogP contribution in [0.15, 0.2) is 24.3 Å². The number of rotatable bonds is 4. The molecule has 108 valence electrons. The van der Waals surface area contributed by atoms with Crippen molar-refractivity contribution < 1.29 is 22.7 Å².